The van der Waals surface area contributed by atoms with E-state index in [1.54, 1.807) is 0 Å². The summed E-state index contributed by atoms with van der Waals surface area (Å²) in [5.74, 6) is 1.27. The summed E-state index contributed by atoms with van der Waals surface area (Å²) in [6, 6.07) is 1.14. The minimum atomic E-state index is 0.437. The van der Waals surface area contributed by atoms with Crippen molar-refractivity contribution in [3.05, 3.63) is 0 Å². The molecule has 3 nitrogen and oxygen atoms in total. The van der Waals surface area contributed by atoms with Gasteiger partial charge in [-0.25, -0.2) is 0 Å². The number of nitrogens with one attached hydrogen (secondary N) is 1. The first-order chi connectivity index (χ1) is 9.83. The molecule has 1 unspecified atom stereocenters. The highest BCUT2D eigenvalue weighted by Gasteiger charge is 2.34. The fourth-order valence-corrected chi connectivity index (χ4v) is 3.94. The Labute approximate surface area is 123 Å². The van der Waals surface area contributed by atoms with E-state index in [-0.39, 0.29) is 0 Å². The molecule has 1 aliphatic heterocycles. The summed E-state index contributed by atoms with van der Waals surface area (Å²) in [5, 5.41) is 3.54. The molecule has 0 aromatic carbocycles. The number of carbonyl (C=O) groups is 1. The molecule has 0 spiro atoms. The van der Waals surface area contributed by atoms with Gasteiger partial charge in [0.15, 0.2) is 0 Å². The molecule has 2 saturated carbocycles. The van der Waals surface area contributed by atoms with Gasteiger partial charge >= 0.3 is 0 Å². The SMILES string of the molecule is O=C(CCC1CCCCC1)N(CC1CCCN1)C1CC1. The van der Waals surface area contributed by atoms with Gasteiger partial charge < -0.3 is 10.2 Å². The molecule has 20 heavy (non-hydrogen) atoms. The summed E-state index contributed by atoms with van der Waals surface area (Å²) in [4.78, 5) is 14.8. The van der Waals surface area contributed by atoms with Gasteiger partial charge in [0.1, 0.15) is 0 Å². The third kappa shape index (κ3) is 3.97. The van der Waals surface area contributed by atoms with Gasteiger partial charge in [-0.3, -0.25) is 4.79 Å². The maximum atomic E-state index is 12.6. The van der Waals surface area contributed by atoms with Gasteiger partial charge in [0.2, 0.25) is 5.91 Å². The molecule has 0 aromatic heterocycles. The highest BCUT2D eigenvalue weighted by molar-refractivity contribution is 5.77. The molecule has 0 aromatic rings. The molecule has 3 fully saturated rings. The Balaban J connectivity index is 1.44. The van der Waals surface area contributed by atoms with Crippen molar-refractivity contribution in [3.8, 4) is 0 Å². The Morgan fingerprint density at radius 1 is 1.00 bits per heavy atom. The predicted octanol–water partition coefficient (Wildman–Crippen LogP) is 3.09. The summed E-state index contributed by atoms with van der Waals surface area (Å²) >= 11 is 0. The van der Waals surface area contributed by atoms with Crippen LogP contribution in [0.1, 0.15) is 70.6 Å². The molecule has 0 bridgehead atoms. The van der Waals surface area contributed by atoms with E-state index in [1.807, 2.05) is 0 Å². The lowest BCUT2D eigenvalue weighted by Crippen LogP contribution is -2.42. The fourth-order valence-electron chi connectivity index (χ4n) is 3.94. The summed E-state index contributed by atoms with van der Waals surface area (Å²) in [6.45, 7) is 2.10. The van der Waals surface area contributed by atoms with E-state index >= 15 is 0 Å². The zero-order valence-electron chi connectivity index (χ0n) is 12.8. The zero-order valence-corrected chi connectivity index (χ0v) is 12.8. The molecular formula is C17H30N2O. The minimum absolute atomic E-state index is 0.437. The number of amides is 1. The van der Waals surface area contributed by atoms with Crippen molar-refractivity contribution < 1.29 is 4.79 Å². The van der Waals surface area contributed by atoms with Crippen LogP contribution in [0.3, 0.4) is 0 Å². The fraction of sp³-hybridized carbons (Fsp3) is 0.941. The third-order valence-corrected chi connectivity index (χ3v) is 5.38. The van der Waals surface area contributed by atoms with Gasteiger partial charge in [0, 0.05) is 25.0 Å². The largest absolute Gasteiger partial charge is 0.338 e. The predicted molar refractivity (Wildman–Crippen MR) is 81.6 cm³/mol. The Bertz CT molecular complexity index is 315. The monoisotopic (exact) mass is 278 g/mol. The third-order valence-electron chi connectivity index (χ3n) is 5.38. The van der Waals surface area contributed by atoms with Crippen LogP contribution in [0.15, 0.2) is 0 Å². The first-order valence-corrected chi connectivity index (χ1v) is 8.86. The van der Waals surface area contributed by atoms with Crippen LogP contribution in [-0.4, -0.2) is 36.0 Å². The molecule has 3 heteroatoms. The molecule has 3 rings (SSSR count). The topological polar surface area (TPSA) is 32.3 Å². The number of nitrogens with zero attached hydrogens (tertiary/aromatic N) is 1. The van der Waals surface area contributed by atoms with E-state index in [9.17, 15) is 4.79 Å². The quantitative estimate of drug-likeness (QED) is 0.810. The first-order valence-electron chi connectivity index (χ1n) is 8.86. The second kappa shape index (κ2) is 6.93. The van der Waals surface area contributed by atoms with E-state index in [4.69, 9.17) is 0 Å². The smallest absolute Gasteiger partial charge is 0.222 e. The van der Waals surface area contributed by atoms with Crippen LogP contribution in [0.2, 0.25) is 0 Å². The lowest BCUT2D eigenvalue weighted by molar-refractivity contribution is -0.132. The molecule has 0 radical (unpaired) electrons. The average Bonchev–Trinajstić information content (AvgIpc) is 3.20. The molecule has 2 aliphatic carbocycles. The van der Waals surface area contributed by atoms with E-state index < -0.39 is 0 Å². The normalized spacial score (nSPS) is 27.7. The second-order valence-electron chi connectivity index (χ2n) is 7.11. The van der Waals surface area contributed by atoms with Crippen molar-refractivity contribution in [2.45, 2.75) is 82.7 Å². The maximum absolute atomic E-state index is 12.6. The van der Waals surface area contributed by atoms with E-state index in [2.05, 4.69) is 10.2 Å². The van der Waals surface area contributed by atoms with Crippen molar-refractivity contribution in [1.82, 2.24) is 10.2 Å². The van der Waals surface area contributed by atoms with E-state index in [1.165, 1.54) is 57.8 Å². The summed E-state index contributed by atoms with van der Waals surface area (Å²) in [6.07, 6.45) is 13.8. The standard InChI is InChI=1S/C17H30N2O/c20-17(11-8-14-5-2-1-3-6-14)19(16-9-10-16)13-15-7-4-12-18-15/h14-16,18H,1-13H2. The Hall–Kier alpha value is -0.570. The lowest BCUT2D eigenvalue weighted by atomic mass is 9.86. The van der Waals surface area contributed by atoms with Crippen LogP contribution in [0.25, 0.3) is 0 Å². The summed E-state index contributed by atoms with van der Waals surface area (Å²) in [7, 11) is 0. The lowest BCUT2D eigenvalue weighted by Gasteiger charge is -2.27. The van der Waals surface area contributed by atoms with Crippen molar-refractivity contribution in [1.29, 1.82) is 0 Å². The van der Waals surface area contributed by atoms with Crippen LogP contribution in [0, 0.1) is 5.92 Å². The average molecular weight is 278 g/mol. The molecule has 1 heterocycles. The van der Waals surface area contributed by atoms with Crippen LogP contribution < -0.4 is 5.32 Å². The molecule has 1 saturated heterocycles. The number of hydrogen-bond acceptors (Lipinski definition) is 2. The Kier molecular flexibility index (Phi) is 4.98. The molecule has 3 aliphatic rings. The van der Waals surface area contributed by atoms with Crippen molar-refractivity contribution in [2.24, 2.45) is 5.92 Å². The van der Waals surface area contributed by atoms with Crippen molar-refractivity contribution in [2.75, 3.05) is 13.1 Å². The Morgan fingerprint density at radius 2 is 1.80 bits per heavy atom. The Morgan fingerprint density at radius 3 is 2.45 bits per heavy atom. The number of hydrogen-bond donors (Lipinski definition) is 1. The molecule has 1 atom stereocenters. The van der Waals surface area contributed by atoms with Crippen molar-refractivity contribution in [3.63, 3.8) is 0 Å². The van der Waals surface area contributed by atoms with Gasteiger partial charge in [-0.2, -0.15) is 0 Å². The van der Waals surface area contributed by atoms with Gasteiger partial charge in [-0.05, 0) is 44.6 Å². The molecular weight excluding hydrogens is 248 g/mol. The van der Waals surface area contributed by atoms with Crippen molar-refractivity contribution >= 4 is 5.91 Å². The molecule has 1 amide bonds. The molecule has 1 N–H and O–H groups in total. The maximum Gasteiger partial charge on any atom is 0.222 e. The summed E-state index contributed by atoms with van der Waals surface area (Å²) < 4.78 is 0. The highest BCUT2D eigenvalue weighted by atomic mass is 16.2. The van der Waals surface area contributed by atoms with Crippen LogP contribution in [-0.2, 0) is 4.79 Å². The summed E-state index contributed by atoms with van der Waals surface area (Å²) in [5.41, 5.74) is 0. The van der Waals surface area contributed by atoms with E-state index in [0.29, 0.717) is 18.0 Å². The van der Waals surface area contributed by atoms with Gasteiger partial charge in [-0.1, -0.05) is 32.1 Å². The highest BCUT2D eigenvalue weighted by Crippen LogP contribution is 2.31. The zero-order chi connectivity index (χ0) is 13.8. The van der Waals surface area contributed by atoms with Gasteiger partial charge in [-0.15, -0.1) is 0 Å². The minimum Gasteiger partial charge on any atom is -0.338 e. The first kappa shape index (κ1) is 14.4. The molecule has 114 valence electrons. The van der Waals surface area contributed by atoms with Crippen LogP contribution >= 0.6 is 0 Å². The van der Waals surface area contributed by atoms with Crippen LogP contribution in [0.4, 0.5) is 0 Å². The van der Waals surface area contributed by atoms with Gasteiger partial charge in [0.05, 0.1) is 0 Å². The van der Waals surface area contributed by atoms with Gasteiger partial charge in [0.25, 0.3) is 0 Å². The number of rotatable bonds is 6. The number of carbonyl (C=O) groups excluding carboxylic acids is 1. The van der Waals surface area contributed by atoms with Crippen LogP contribution in [0.5, 0.6) is 0 Å². The van der Waals surface area contributed by atoms with E-state index in [0.717, 1.165) is 31.8 Å². The second-order valence-corrected chi connectivity index (χ2v) is 7.11.